The maximum absolute atomic E-state index is 12.8. The first kappa shape index (κ1) is 16.0. The molecule has 116 valence electrons. The molecule has 0 fully saturated rings. The van der Waals surface area contributed by atoms with Crippen molar-refractivity contribution in [2.75, 3.05) is 15.8 Å². The molecule has 0 heterocycles. The zero-order valence-corrected chi connectivity index (χ0v) is 12.7. The molecule has 0 saturated carbocycles. The van der Waals surface area contributed by atoms with E-state index in [-0.39, 0.29) is 17.5 Å². The summed E-state index contributed by atoms with van der Waals surface area (Å²) in [6.45, 7) is 1.53. The molecular formula is C15H15FN2O3S. The van der Waals surface area contributed by atoms with Crippen LogP contribution >= 0.6 is 0 Å². The van der Waals surface area contributed by atoms with Crippen LogP contribution in [0.2, 0.25) is 0 Å². The highest BCUT2D eigenvalue weighted by Crippen LogP contribution is 2.14. The number of rotatable bonds is 5. The smallest absolute Gasteiger partial charge is 0.255 e. The number of nitrogens with one attached hydrogen (secondary N) is 2. The molecule has 2 rings (SSSR count). The van der Waals surface area contributed by atoms with Crippen molar-refractivity contribution in [1.29, 1.82) is 0 Å². The van der Waals surface area contributed by atoms with Gasteiger partial charge in [0.1, 0.15) is 5.82 Å². The Morgan fingerprint density at radius 3 is 2.09 bits per heavy atom. The van der Waals surface area contributed by atoms with Crippen molar-refractivity contribution in [1.82, 2.24) is 0 Å². The van der Waals surface area contributed by atoms with Crippen LogP contribution in [0.15, 0.2) is 48.5 Å². The SMILES string of the molecule is CCS(=O)(=O)Nc1ccc(C(=O)Nc2ccc(F)cc2)cc1. The monoisotopic (exact) mass is 322 g/mol. The number of hydrogen-bond acceptors (Lipinski definition) is 3. The molecule has 0 radical (unpaired) electrons. The van der Waals surface area contributed by atoms with Gasteiger partial charge in [-0.15, -0.1) is 0 Å². The number of carbonyl (C=O) groups is 1. The Morgan fingerprint density at radius 1 is 1.00 bits per heavy atom. The molecule has 22 heavy (non-hydrogen) atoms. The molecule has 1 amide bonds. The van der Waals surface area contributed by atoms with Crippen LogP contribution in [0.1, 0.15) is 17.3 Å². The Kier molecular flexibility index (Phi) is 4.77. The van der Waals surface area contributed by atoms with Gasteiger partial charge in [-0.1, -0.05) is 0 Å². The number of hydrogen-bond donors (Lipinski definition) is 2. The molecule has 0 spiro atoms. The fourth-order valence-corrected chi connectivity index (χ4v) is 2.32. The normalized spacial score (nSPS) is 11.0. The first-order valence-corrected chi connectivity index (χ1v) is 8.22. The van der Waals surface area contributed by atoms with Crippen molar-refractivity contribution in [3.05, 3.63) is 59.9 Å². The average molecular weight is 322 g/mol. The van der Waals surface area contributed by atoms with E-state index in [1.807, 2.05) is 0 Å². The quantitative estimate of drug-likeness (QED) is 0.889. The molecule has 0 aliphatic rings. The van der Waals surface area contributed by atoms with Gasteiger partial charge in [0, 0.05) is 16.9 Å². The van der Waals surface area contributed by atoms with Crippen LogP contribution in [0, 0.1) is 5.82 Å². The molecule has 0 saturated heterocycles. The molecule has 0 bridgehead atoms. The maximum Gasteiger partial charge on any atom is 0.255 e. The van der Waals surface area contributed by atoms with E-state index in [2.05, 4.69) is 10.0 Å². The molecule has 2 N–H and O–H groups in total. The van der Waals surface area contributed by atoms with Crippen LogP contribution in [0.3, 0.4) is 0 Å². The summed E-state index contributed by atoms with van der Waals surface area (Å²) in [6.07, 6.45) is 0. The van der Waals surface area contributed by atoms with Gasteiger partial charge in [0.25, 0.3) is 5.91 Å². The first-order chi connectivity index (χ1) is 10.4. The van der Waals surface area contributed by atoms with Crippen LogP contribution in [0.5, 0.6) is 0 Å². The third-order valence-electron chi connectivity index (χ3n) is 2.90. The predicted molar refractivity (Wildman–Crippen MR) is 83.9 cm³/mol. The van der Waals surface area contributed by atoms with Gasteiger partial charge < -0.3 is 5.32 Å². The van der Waals surface area contributed by atoms with Crippen molar-refractivity contribution in [2.45, 2.75) is 6.92 Å². The zero-order valence-electron chi connectivity index (χ0n) is 11.8. The third-order valence-corrected chi connectivity index (χ3v) is 4.21. The largest absolute Gasteiger partial charge is 0.322 e. The molecule has 0 aromatic heterocycles. The lowest BCUT2D eigenvalue weighted by atomic mass is 10.2. The highest BCUT2D eigenvalue weighted by Gasteiger charge is 2.09. The van der Waals surface area contributed by atoms with Crippen molar-refractivity contribution in [3.63, 3.8) is 0 Å². The van der Waals surface area contributed by atoms with E-state index in [1.54, 1.807) is 0 Å². The van der Waals surface area contributed by atoms with Gasteiger partial charge in [-0.3, -0.25) is 9.52 Å². The summed E-state index contributed by atoms with van der Waals surface area (Å²) in [7, 11) is -3.34. The van der Waals surface area contributed by atoms with E-state index in [9.17, 15) is 17.6 Å². The third kappa shape index (κ3) is 4.29. The highest BCUT2D eigenvalue weighted by molar-refractivity contribution is 7.92. The summed E-state index contributed by atoms with van der Waals surface area (Å²) < 4.78 is 38.0. The van der Waals surface area contributed by atoms with Crippen LogP contribution < -0.4 is 10.0 Å². The van der Waals surface area contributed by atoms with Gasteiger partial charge >= 0.3 is 0 Å². The molecule has 2 aromatic rings. The average Bonchev–Trinajstić information content (AvgIpc) is 2.50. The minimum Gasteiger partial charge on any atom is -0.322 e. The highest BCUT2D eigenvalue weighted by atomic mass is 32.2. The molecule has 0 atom stereocenters. The summed E-state index contributed by atoms with van der Waals surface area (Å²) in [6, 6.07) is 11.4. The zero-order chi connectivity index (χ0) is 16.2. The Labute approximate surface area is 128 Å². The van der Waals surface area contributed by atoms with Crippen molar-refractivity contribution >= 4 is 27.3 Å². The van der Waals surface area contributed by atoms with Crippen LogP contribution in [0.25, 0.3) is 0 Å². The number of anilines is 2. The fourth-order valence-electron chi connectivity index (χ4n) is 1.68. The molecule has 2 aromatic carbocycles. The second-order valence-electron chi connectivity index (χ2n) is 4.54. The van der Waals surface area contributed by atoms with Gasteiger partial charge in [-0.2, -0.15) is 0 Å². The minimum atomic E-state index is -3.34. The summed E-state index contributed by atoms with van der Waals surface area (Å²) >= 11 is 0. The minimum absolute atomic E-state index is 0.0280. The van der Waals surface area contributed by atoms with Gasteiger partial charge in [-0.05, 0) is 55.5 Å². The lowest BCUT2D eigenvalue weighted by Gasteiger charge is -2.08. The number of amides is 1. The number of sulfonamides is 1. The first-order valence-electron chi connectivity index (χ1n) is 6.57. The number of halogens is 1. The molecule has 0 aliphatic heterocycles. The summed E-state index contributed by atoms with van der Waals surface area (Å²) in [5.41, 5.74) is 1.23. The molecule has 0 unspecified atom stereocenters. The van der Waals surface area contributed by atoms with E-state index in [0.717, 1.165) is 0 Å². The predicted octanol–water partition coefficient (Wildman–Crippen LogP) is 2.84. The van der Waals surface area contributed by atoms with E-state index in [4.69, 9.17) is 0 Å². The lowest BCUT2D eigenvalue weighted by molar-refractivity contribution is 0.102. The lowest BCUT2D eigenvalue weighted by Crippen LogP contribution is -2.15. The second-order valence-corrected chi connectivity index (χ2v) is 6.55. The summed E-state index contributed by atoms with van der Waals surface area (Å²) in [5, 5.41) is 2.62. The van der Waals surface area contributed by atoms with Crippen molar-refractivity contribution in [3.8, 4) is 0 Å². The summed E-state index contributed by atoms with van der Waals surface area (Å²) in [4.78, 5) is 12.0. The van der Waals surface area contributed by atoms with Crippen LogP contribution in [-0.4, -0.2) is 20.1 Å². The topological polar surface area (TPSA) is 75.3 Å². The second kappa shape index (κ2) is 6.57. The summed E-state index contributed by atoms with van der Waals surface area (Å²) in [5.74, 6) is -0.776. The van der Waals surface area contributed by atoms with Crippen molar-refractivity contribution in [2.24, 2.45) is 0 Å². The maximum atomic E-state index is 12.8. The standard InChI is InChI=1S/C15H15FN2O3S/c1-2-22(20,21)18-14-7-3-11(4-8-14)15(19)17-13-9-5-12(16)6-10-13/h3-10,18H,2H2,1H3,(H,17,19). The number of carbonyl (C=O) groups excluding carboxylic acids is 1. The fraction of sp³-hybridized carbons (Fsp3) is 0.133. The Hall–Kier alpha value is -2.41. The van der Waals surface area contributed by atoms with E-state index in [1.165, 1.54) is 55.5 Å². The van der Waals surface area contributed by atoms with E-state index >= 15 is 0 Å². The Bertz CT molecular complexity index is 756. The van der Waals surface area contributed by atoms with Crippen LogP contribution in [-0.2, 0) is 10.0 Å². The van der Waals surface area contributed by atoms with Gasteiger partial charge in [-0.25, -0.2) is 12.8 Å². The molecular weight excluding hydrogens is 307 g/mol. The molecule has 7 heteroatoms. The van der Waals surface area contributed by atoms with E-state index in [0.29, 0.717) is 16.9 Å². The van der Waals surface area contributed by atoms with Gasteiger partial charge in [0.05, 0.1) is 5.75 Å². The van der Waals surface area contributed by atoms with Crippen LogP contribution in [0.4, 0.5) is 15.8 Å². The van der Waals surface area contributed by atoms with Crippen molar-refractivity contribution < 1.29 is 17.6 Å². The molecule has 5 nitrogen and oxygen atoms in total. The Morgan fingerprint density at radius 2 is 1.55 bits per heavy atom. The van der Waals surface area contributed by atoms with Gasteiger partial charge in [0.2, 0.25) is 10.0 Å². The number of benzene rings is 2. The van der Waals surface area contributed by atoms with E-state index < -0.39 is 10.0 Å². The molecule has 0 aliphatic carbocycles. The Balaban J connectivity index is 2.06. The van der Waals surface area contributed by atoms with Gasteiger partial charge in [0.15, 0.2) is 0 Å².